The Hall–Kier alpha value is -1.52. The summed E-state index contributed by atoms with van der Waals surface area (Å²) in [4.78, 5) is 11.8. The largest absolute Gasteiger partial charge is 0.511 e. The van der Waals surface area contributed by atoms with Gasteiger partial charge in [0.2, 0.25) is 0 Å². The summed E-state index contributed by atoms with van der Waals surface area (Å²) in [7, 11) is 1.18. The van der Waals surface area contributed by atoms with E-state index in [-0.39, 0.29) is 38.6 Å². The molecular weight excluding hydrogens is 301 g/mol. The van der Waals surface area contributed by atoms with Crippen molar-refractivity contribution in [1.29, 1.82) is 5.41 Å². The zero-order valence-corrected chi connectivity index (χ0v) is 12.8. The molecule has 0 aliphatic carbocycles. The Morgan fingerprint density at radius 2 is 1.80 bits per heavy atom. The number of hydrogen-bond donors (Lipinski definition) is 2. The highest BCUT2D eigenvalue weighted by Gasteiger charge is 2.26. The number of benzene rings is 1. The summed E-state index contributed by atoms with van der Waals surface area (Å²) >= 11 is 12.0. The summed E-state index contributed by atoms with van der Waals surface area (Å²) in [6.07, 6.45) is 0. The van der Waals surface area contributed by atoms with Crippen molar-refractivity contribution in [2.45, 2.75) is 13.8 Å². The molecule has 6 heteroatoms. The van der Waals surface area contributed by atoms with Gasteiger partial charge in [0.1, 0.15) is 11.3 Å². The average molecular weight is 316 g/mol. The highest BCUT2D eigenvalue weighted by molar-refractivity contribution is 6.43. The van der Waals surface area contributed by atoms with Gasteiger partial charge in [-0.3, -0.25) is 5.41 Å². The molecule has 0 heterocycles. The molecule has 0 aromatic heterocycles. The maximum Gasteiger partial charge on any atom is 0.343 e. The molecule has 0 radical (unpaired) electrons. The second-order valence-electron chi connectivity index (χ2n) is 4.38. The minimum Gasteiger partial charge on any atom is -0.511 e. The number of esters is 1. The van der Waals surface area contributed by atoms with Gasteiger partial charge in [-0.05, 0) is 12.1 Å². The van der Waals surface area contributed by atoms with Crippen LogP contribution in [-0.4, -0.2) is 23.9 Å². The number of allylic oxidation sites excluding steroid dienone is 1. The van der Waals surface area contributed by atoms with E-state index in [1.54, 1.807) is 32.0 Å². The number of nitrogens with one attached hydrogen (secondary N) is 1. The van der Waals surface area contributed by atoms with Crippen molar-refractivity contribution in [3.8, 4) is 0 Å². The third-order valence-corrected chi connectivity index (χ3v) is 3.29. The van der Waals surface area contributed by atoms with Gasteiger partial charge in [0.25, 0.3) is 0 Å². The average Bonchev–Trinajstić information content (AvgIpc) is 2.38. The third kappa shape index (κ3) is 3.32. The number of aliphatic hydroxyl groups excluding tert-OH is 1. The highest BCUT2D eigenvalue weighted by atomic mass is 35.5. The molecule has 0 unspecified atom stereocenters. The molecule has 0 fully saturated rings. The van der Waals surface area contributed by atoms with Crippen LogP contribution in [0.5, 0.6) is 0 Å². The standard InChI is InChI=1S/C14H15Cl2NO3/c1-7(2)13(18)11(14(19)20-3)12(17)10-8(15)5-4-6-9(10)16/h4-7,17-18H,1-3H3/b13-11+,17-12?. The lowest BCUT2D eigenvalue weighted by molar-refractivity contribution is -0.135. The van der Waals surface area contributed by atoms with Gasteiger partial charge in [0.05, 0.1) is 22.9 Å². The van der Waals surface area contributed by atoms with Crippen molar-refractivity contribution in [2.24, 2.45) is 5.92 Å². The molecular formula is C14H15Cl2NO3. The van der Waals surface area contributed by atoms with Gasteiger partial charge in [0.15, 0.2) is 0 Å². The van der Waals surface area contributed by atoms with Crippen LogP contribution >= 0.6 is 23.2 Å². The fourth-order valence-electron chi connectivity index (χ4n) is 1.59. The van der Waals surface area contributed by atoms with E-state index in [1.807, 2.05) is 0 Å². The molecule has 1 aromatic rings. The molecule has 0 amide bonds. The summed E-state index contributed by atoms with van der Waals surface area (Å²) in [6.45, 7) is 3.39. The first kappa shape index (κ1) is 16.5. The lowest BCUT2D eigenvalue weighted by Crippen LogP contribution is -2.20. The fraction of sp³-hybridized carbons (Fsp3) is 0.286. The minimum atomic E-state index is -0.808. The monoisotopic (exact) mass is 315 g/mol. The van der Waals surface area contributed by atoms with E-state index in [9.17, 15) is 9.90 Å². The second kappa shape index (κ2) is 6.77. The molecule has 0 saturated heterocycles. The van der Waals surface area contributed by atoms with Crippen LogP contribution in [0.2, 0.25) is 10.0 Å². The number of ether oxygens (including phenoxy) is 1. The molecule has 0 aliphatic heterocycles. The van der Waals surface area contributed by atoms with E-state index in [4.69, 9.17) is 28.6 Å². The van der Waals surface area contributed by atoms with E-state index in [1.165, 1.54) is 7.11 Å². The van der Waals surface area contributed by atoms with E-state index >= 15 is 0 Å². The van der Waals surface area contributed by atoms with Crippen molar-refractivity contribution >= 4 is 34.9 Å². The summed E-state index contributed by atoms with van der Waals surface area (Å²) in [6, 6.07) is 4.74. The lowest BCUT2D eigenvalue weighted by Gasteiger charge is -2.14. The predicted octanol–water partition coefficient (Wildman–Crippen LogP) is 4.00. The number of methoxy groups -OCH3 is 1. The maximum absolute atomic E-state index is 11.8. The molecule has 0 aliphatic rings. The van der Waals surface area contributed by atoms with Crippen molar-refractivity contribution in [1.82, 2.24) is 0 Å². The number of carbonyl (C=O) groups is 1. The van der Waals surface area contributed by atoms with E-state index in [0.717, 1.165) is 0 Å². The van der Waals surface area contributed by atoms with Crippen molar-refractivity contribution < 1.29 is 14.6 Å². The van der Waals surface area contributed by atoms with Crippen molar-refractivity contribution in [3.63, 3.8) is 0 Å². The van der Waals surface area contributed by atoms with Crippen LogP contribution in [0.25, 0.3) is 0 Å². The van der Waals surface area contributed by atoms with E-state index < -0.39 is 5.97 Å². The summed E-state index contributed by atoms with van der Waals surface area (Å²) in [5, 5.41) is 18.6. The molecule has 1 rings (SSSR count). The van der Waals surface area contributed by atoms with Gasteiger partial charge in [-0.25, -0.2) is 4.79 Å². The van der Waals surface area contributed by atoms with Crippen LogP contribution in [0, 0.1) is 11.3 Å². The molecule has 2 N–H and O–H groups in total. The fourth-order valence-corrected chi connectivity index (χ4v) is 2.17. The van der Waals surface area contributed by atoms with Crippen molar-refractivity contribution in [2.75, 3.05) is 7.11 Å². The summed E-state index contributed by atoms with van der Waals surface area (Å²) in [5.74, 6) is -1.39. The quantitative estimate of drug-likeness (QED) is 0.382. The number of hydrogen-bond acceptors (Lipinski definition) is 4. The molecule has 0 saturated carbocycles. The molecule has 0 atom stereocenters. The Labute approximate surface area is 127 Å². The highest BCUT2D eigenvalue weighted by Crippen LogP contribution is 2.28. The van der Waals surface area contributed by atoms with Crippen LogP contribution in [0.15, 0.2) is 29.5 Å². The SMILES string of the molecule is COC(=O)/C(C(=N)c1c(Cl)cccc1Cl)=C(/O)C(C)C. The van der Waals surface area contributed by atoms with E-state index in [0.29, 0.717) is 0 Å². The normalized spacial score (nSPS) is 12.1. The van der Waals surface area contributed by atoms with Crippen LogP contribution in [0.3, 0.4) is 0 Å². The molecule has 20 heavy (non-hydrogen) atoms. The Morgan fingerprint density at radius 3 is 2.20 bits per heavy atom. The van der Waals surface area contributed by atoms with Crippen LogP contribution in [0.4, 0.5) is 0 Å². The molecule has 1 aromatic carbocycles. The lowest BCUT2D eigenvalue weighted by atomic mass is 9.97. The molecule has 0 spiro atoms. The topological polar surface area (TPSA) is 70.4 Å². The first-order chi connectivity index (χ1) is 9.31. The van der Waals surface area contributed by atoms with Crippen LogP contribution < -0.4 is 0 Å². The number of aliphatic hydroxyl groups is 1. The van der Waals surface area contributed by atoms with Gasteiger partial charge in [0, 0.05) is 11.5 Å². The van der Waals surface area contributed by atoms with Gasteiger partial charge in [-0.15, -0.1) is 0 Å². The second-order valence-corrected chi connectivity index (χ2v) is 5.19. The summed E-state index contributed by atoms with van der Waals surface area (Å²) in [5.41, 5.74) is -0.320. The smallest absolute Gasteiger partial charge is 0.343 e. The third-order valence-electron chi connectivity index (χ3n) is 2.66. The Kier molecular flexibility index (Phi) is 5.60. The zero-order valence-electron chi connectivity index (χ0n) is 11.3. The number of rotatable bonds is 4. The van der Waals surface area contributed by atoms with Gasteiger partial charge >= 0.3 is 5.97 Å². The molecule has 4 nitrogen and oxygen atoms in total. The van der Waals surface area contributed by atoms with E-state index in [2.05, 4.69) is 4.74 Å². The van der Waals surface area contributed by atoms with Gasteiger partial charge in [-0.1, -0.05) is 43.1 Å². The number of halogens is 2. The number of carbonyl (C=O) groups excluding carboxylic acids is 1. The molecule has 0 bridgehead atoms. The Bertz CT molecular complexity index is 560. The Balaban J connectivity index is 3.48. The summed E-state index contributed by atoms with van der Waals surface area (Å²) < 4.78 is 4.62. The predicted molar refractivity (Wildman–Crippen MR) is 79.8 cm³/mol. The van der Waals surface area contributed by atoms with Crippen LogP contribution in [-0.2, 0) is 9.53 Å². The van der Waals surface area contributed by atoms with Crippen LogP contribution in [0.1, 0.15) is 19.4 Å². The first-order valence-electron chi connectivity index (χ1n) is 5.86. The zero-order chi connectivity index (χ0) is 15.4. The minimum absolute atomic E-state index is 0.184. The molecule has 108 valence electrons. The Morgan fingerprint density at radius 1 is 1.30 bits per heavy atom. The first-order valence-corrected chi connectivity index (χ1v) is 6.61. The van der Waals surface area contributed by atoms with Crippen molar-refractivity contribution in [3.05, 3.63) is 45.1 Å². The van der Waals surface area contributed by atoms with Gasteiger partial charge in [-0.2, -0.15) is 0 Å². The van der Waals surface area contributed by atoms with Gasteiger partial charge < -0.3 is 9.84 Å². The maximum atomic E-state index is 11.8.